The van der Waals surface area contributed by atoms with Gasteiger partial charge in [0.05, 0.1) is 0 Å². The van der Waals surface area contributed by atoms with Crippen molar-refractivity contribution in [1.82, 2.24) is 10.2 Å². The van der Waals surface area contributed by atoms with Crippen LogP contribution in [0.3, 0.4) is 0 Å². The molecule has 18 heavy (non-hydrogen) atoms. The van der Waals surface area contributed by atoms with Crippen molar-refractivity contribution in [2.75, 3.05) is 26.2 Å². The van der Waals surface area contributed by atoms with Crippen LogP contribution in [-0.4, -0.2) is 31.1 Å². The SMILES string of the molecule is CCC(NCCN1CCC(C)CC1)c1cccs1. The second-order valence-corrected chi connectivity index (χ2v) is 6.43. The summed E-state index contributed by atoms with van der Waals surface area (Å²) in [5, 5.41) is 5.87. The Morgan fingerprint density at radius 3 is 2.83 bits per heavy atom. The van der Waals surface area contributed by atoms with Crippen LogP contribution in [0, 0.1) is 5.92 Å². The lowest BCUT2D eigenvalue weighted by molar-refractivity contribution is 0.191. The summed E-state index contributed by atoms with van der Waals surface area (Å²) in [6.07, 6.45) is 3.93. The smallest absolute Gasteiger partial charge is 0.0412 e. The highest BCUT2D eigenvalue weighted by Crippen LogP contribution is 2.21. The topological polar surface area (TPSA) is 15.3 Å². The van der Waals surface area contributed by atoms with Gasteiger partial charge in [0.15, 0.2) is 0 Å². The fraction of sp³-hybridized carbons (Fsp3) is 0.733. The standard InChI is InChI=1S/C15H26N2S/c1-3-14(15-5-4-12-18-15)16-8-11-17-9-6-13(2)7-10-17/h4-5,12-14,16H,3,6-11H2,1-2H3. The van der Waals surface area contributed by atoms with Crippen molar-refractivity contribution in [2.45, 2.75) is 39.2 Å². The first kappa shape index (κ1) is 14.0. The van der Waals surface area contributed by atoms with Crippen LogP contribution in [0.5, 0.6) is 0 Å². The molecule has 3 heteroatoms. The first-order valence-electron chi connectivity index (χ1n) is 7.28. The molecule has 1 saturated heterocycles. The molecule has 0 amide bonds. The van der Waals surface area contributed by atoms with E-state index >= 15 is 0 Å². The van der Waals surface area contributed by atoms with Crippen molar-refractivity contribution in [2.24, 2.45) is 5.92 Å². The number of likely N-dealkylation sites (tertiary alicyclic amines) is 1. The van der Waals surface area contributed by atoms with Gasteiger partial charge in [-0.1, -0.05) is 19.9 Å². The van der Waals surface area contributed by atoms with Gasteiger partial charge >= 0.3 is 0 Å². The van der Waals surface area contributed by atoms with Gasteiger partial charge in [0.2, 0.25) is 0 Å². The number of thiophene rings is 1. The van der Waals surface area contributed by atoms with Crippen LogP contribution >= 0.6 is 11.3 Å². The minimum atomic E-state index is 0.550. The van der Waals surface area contributed by atoms with Crippen molar-refractivity contribution in [3.05, 3.63) is 22.4 Å². The van der Waals surface area contributed by atoms with Gasteiger partial charge in [0.1, 0.15) is 0 Å². The molecule has 0 radical (unpaired) electrons. The van der Waals surface area contributed by atoms with Crippen LogP contribution in [0.1, 0.15) is 44.0 Å². The molecule has 1 fully saturated rings. The van der Waals surface area contributed by atoms with E-state index in [1.165, 1.54) is 43.8 Å². The third-order valence-electron chi connectivity index (χ3n) is 3.99. The Morgan fingerprint density at radius 1 is 1.44 bits per heavy atom. The number of nitrogens with one attached hydrogen (secondary N) is 1. The minimum Gasteiger partial charge on any atom is -0.308 e. The Kier molecular flexibility index (Phi) is 5.67. The van der Waals surface area contributed by atoms with E-state index in [1.54, 1.807) is 0 Å². The van der Waals surface area contributed by atoms with E-state index < -0.39 is 0 Å². The molecule has 0 aromatic carbocycles. The van der Waals surface area contributed by atoms with Crippen molar-refractivity contribution in [3.8, 4) is 0 Å². The summed E-state index contributed by atoms with van der Waals surface area (Å²) < 4.78 is 0. The van der Waals surface area contributed by atoms with E-state index in [0.717, 1.165) is 12.5 Å². The normalized spacial score (nSPS) is 20.1. The highest BCUT2D eigenvalue weighted by atomic mass is 32.1. The van der Waals surface area contributed by atoms with Crippen LogP contribution in [0.2, 0.25) is 0 Å². The van der Waals surface area contributed by atoms with Gasteiger partial charge in [0.25, 0.3) is 0 Å². The Morgan fingerprint density at radius 2 is 2.22 bits per heavy atom. The van der Waals surface area contributed by atoms with E-state index in [1.807, 2.05) is 11.3 Å². The number of rotatable bonds is 6. The maximum absolute atomic E-state index is 3.70. The number of piperidine rings is 1. The summed E-state index contributed by atoms with van der Waals surface area (Å²) in [4.78, 5) is 4.08. The van der Waals surface area contributed by atoms with Gasteiger partial charge in [-0.05, 0) is 49.7 Å². The first-order chi connectivity index (χ1) is 8.79. The fourth-order valence-electron chi connectivity index (χ4n) is 2.62. The molecule has 2 rings (SSSR count). The lowest BCUT2D eigenvalue weighted by Crippen LogP contribution is -2.38. The summed E-state index contributed by atoms with van der Waals surface area (Å²) >= 11 is 1.87. The van der Waals surface area contributed by atoms with Crippen LogP contribution in [0.15, 0.2) is 17.5 Å². The van der Waals surface area contributed by atoms with Gasteiger partial charge in [-0.2, -0.15) is 0 Å². The first-order valence-corrected chi connectivity index (χ1v) is 8.16. The second kappa shape index (κ2) is 7.27. The van der Waals surface area contributed by atoms with Gasteiger partial charge in [-0.3, -0.25) is 0 Å². The summed E-state index contributed by atoms with van der Waals surface area (Å²) in [5.74, 6) is 0.934. The highest BCUT2D eigenvalue weighted by molar-refractivity contribution is 7.10. The molecule has 1 aromatic rings. The van der Waals surface area contributed by atoms with Crippen LogP contribution in [0.25, 0.3) is 0 Å². The zero-order valence-corrected chi connectivity index (χ0v) is 12.5. The Hall–Kier alpha value is -0.380. The molecule has 2 nitrogen and oxygen atoms in total. The predicted octanol–water partition coefficient (Wildman–Crippen LogP) is 3.52. The molecular formula is C15H26N2S. The van der Waals surface area contributed by atoms with E-state index in [0.29, 0.717) is 6.04 Å². The third-order valence-corrected chi connectivity index (χ3v) is 4.98. The van der Waals surface area contributed by atoms with E-state index in [9.17, 15) is 0 Å². The average Bonchev–Trinajstić information content (AvgIpc) is 2.91. The highest BCUT2D eigenvalue weighted by Gasteiger charge is 2.15. The van der Waals surface area contributed by atoms with Crippen molar-refractivity contribution in [3.63, 3.8) is 0 Å². The zero-order chi connectivity index (χ0) is 12.8. The van der Waals surface area contributed by atoms with Crippen molar-refractivity contribution in [1.29, 1.82) is 0 Å². The number of hydrogen-bond donors (Lipinski definition) is 1. The Labute approximate surface area is 115 Å². The maximum atomic E-state index is 3.70. The van der Waals surface area contributed by atoms with Gasteiger partial charge in [-0.25, -0.2) is 0 Å². The van der Waals surface area contributed by atoms with E-state index in [2.05, 4.69) is 41.6 Å². The van der Waals surface area contributed by atoms with Crippen molar-refractivity contribution >= 4 is 11.3 Å². The largest absolute Gasteiger partial charge is 0.308 e. The summed E-state index contributed by atoms with van der Waals surface area (Å²) in [7, 11) is 0. The van der Waals surface area contributed by atoms with Crippen LogP contribution in [-0.2, 0) is 0 Å². The number of nitrogens with zero attached hydrogens (tertiary/aromatic N) is 1. The molecule has 0 saturated carbocycles. The van der Waals surface area contributed by atoms with Crippen molar-refractivity contribution < 1.29 is 0 Å². The molecule has 1 aliphatic heterocycles. The quantitative estimate of drug-likeness (QED) is 0.847. The molecule has 1 aromatic heterocycles. The Bertz CT molecular complexity index is 315. The predicted molar refractivity (Wildman–Crippen MR) is 80.2 cm³/mol. The molecule has 1 atom stereocenters. The lowest BCUT2D eigenvalue weighted by Gasteiger charge is -2.30. The van der Waals surface area contributed by atoms with Gasteiger partial charge < -0.3 is 10.2 Å². The Balaban J connectivity index is 1.68. The van der Waals surface area contributed by atoms with E-state index in [-0.39, 0.29) is 0 Å². The molecule has 1 N–H and O–H groups in total. The third kappa shape index (κ3) is 4.08. The van der Waals surface area contributed by atoms with Crippen LogP contribution < -0.4 is 5.32 Å². The average molecular weight is 266 g/mol. The molecule has 0 bridgehead atoms. The van der Waals surface area contributed by atoms with Gasteiger partial charge in [-0.15, -0.1) is 11.3 Å². The molecule has 0 aliphatic carbocycles. The summed E-state index contributed by atoms with van der Waals surface area (Å²) in [6, 6.07) is 4.94. The zero-order valence-electron chi connectivity index (χ0n) is 11.7. The second-order valence-electron chi connectivity index (χ2n) is 5.45. The van der Waals surface area contributed by atoms with Crippen LogP contribution in [0.4, 0.5) is 0 Å². The van der Waals surface area contributed by atoms with E-state index in [4.69, 9.17) is 0 Å². The van der Waals surface area contributed by atoms with Gasteiger partial charge in [0, 0.05) is 24.0 Å². The molecule has 102 valence electrons. The lowest BCUT2D eigenvalue weighted by atomic mass is 9.99. The minimum absolute atomic E-state index is 0.550. The molecule has 0 spiro atoms. The molecule has 2 heterocycles. The summed E-state index contributed by atoms with van der Waals surface area (Å²) in [5.41, 5.74) is 0. The fourth-order valence-corrected chi connectivity index (χ4v) is 3.50. The monoisotopic (exact) mass is 266 g/mol. The summed E-state index contributed by atoms with van der Waals surface area (Å²) in [6.45, 7) is 9.54. The number of hydrogen-bond acceptors (Lipinski definition) is 3. The maximum Gasteiger partial charge on any atom is 0.0412 e. The molecule has 1 unspecified atom stereocenters. The molecular weight excluding hydrogens is 240 g/mol. The molecule has 1 aliphatic rings.